The number of hydrogen-bond donors (Lipinski definition) is 3. The molecule has 3 rings (SSSR count). The van der Waals surface area contributed by atoms with E-state index >= 15 is 0 Å². The Balaban J connectivity index is 1.47. The van der Waals surface area contributed by atoms with Gasteiger partial charge in [-0.2, -0.15) is 0 Å². The van der Waals surface area contributed by atoms with E-state index in [1.165, 1.54) is 0 Å². The Hall–Kier alpha value is -1.99. The van der Waals surface area contributed by atoms with Gasteiger partial charge in [0, 0.05) is 30.3 Å². The molecule has 3 heterocycles. The van der Waals surface area contributed by atoms with Crippen molar-refractivity contribution >= 4 is 35.8 Å². The first-order valence-corrected chi connectivity index (χ1v) is 7.55. The van der Waals surface area contributed by atoms with Gasteiger partial charge in [0.1, 0.15) is 0 Å². The van der Waals surface area contributed by atoms with Crippen molar-refractivity contribution < 1.29 is 9.53 Å². The van der Waals surface area contributed by atoms with Gasteiger partial charge in [-0.25, -0.2) is 4.98 Å². The van der Waals surface area contributed by atoms with Crippen molar-refractivity contribution in [2.24, 2.45) is 0 Å². The highest BCUT2D eigenvalue weighted by Crippen LogP contribution is 2.15. The van der Waals surface area contributed by atoms with Crippen LogP contribution in [-0.4, -0.2) is 51.8 Å². The molecule has 1 aliphatic heterocycles. The van der Waals surface area contributed by atoms with Gasteiger partial charge in [0.15, 0.2) is 5.65 Å². The van der Waals surface area contributed by atoms with E-state index in [4.69, 9.17) is 4.74 Å². The summed E-state index contributed by atoms with van der Waals surface area (Å²) in [5, 5.41) is 5.79. The molecule has 0 aliphatic carbocycles. The molecule has 1 amide bonds. The maximum Gasteiger partial charge on any atom is 0.246 e. The number of aromatic amines is 2. The molecular weight excluding hydrogens is 300 g/mol. The molecule has 116 valence electrons. The smallest absolute Gasteiger partial charge is 0.246 e. The van der Waals surface area contributed by atoms with Gasteiger partial charge < -0.3 is 9.64 Å². The van der Waals surface area contributed by atoms with Crippen molar-refractivity contribution in [3.63, 3.8) is 0 Å². The fourth-order valence-electron chi connectivity index (χ4n) is 2.11. The predicted octanol–water partition coefficient (Wildman–Crippen LogP) is 1.97. The lowest BCUT2D eigenvalue weighted by molar-refractivity contribution is -0.138. The number of pyridine rings is 1. The summed E-state index contributed by atoms with van der Waals surface area (Å²) in [5.74, 6) is -0.00856. The molecular formula is C15H18N4O2S. The largest absolute Gasteiger partial charge is 0.369 e. The highest BCUT2D eigenvalue weighted by atomic mass is 32.1. The van der Waals surface area contributed by atoms with Crippen molar-refractivity contribution in [2.75, 3.05) is 19.7 Å². The first-order chi connectivity index (χ1) is 10.7. The number of nitrogens with one attached hydrogen (secondary N) is 2. The molecule has 2 aromatic heterocycles. The third-order valence-corrected chi connectivity index (χ3v) is 3.99. The number of carbonyl (C=O) groups excluding carboxylic acids is 1. The molecule has 0 saturated carbocycles. The van der Waals surface area contributed by atoms with Gasteiger partial charge in [-0.3, -0.25) is 15.0 Å². The molecule has 2 aromatic rings. The van der Waals surface area contributed by atoms with Crippen molar-refractivity contribution in [1.82, 2.24) is 20.1 Å². The van der Waals surface area contributed by atoms with E-state index in [2.05, 4.69) is 27.8 Å². The van der Waals surface area contributed by atoms with Crippen molar-refractivity contribution in [2.45, 2.75) is 13.0 Å². The van der Waals surface area contributed by atoms with Gasteiger partial charge >= 0.3 is 0 Å². The number of thiol groups is 1. The van der Waals surface area contributed by atoms with E-state index in [-0.39, 0.29) is 12.0 Å². The number of amides is 1. The Morgan fingerprint density at radius 2 is 2.36 bits per heavy atom. The molecule has 0 spiro atoms. The van der Waals surface area contributed by atoms with Crippen LogP contribution in [0.3, 0.4) is 0 Å². The molecule has 0 atom stereocenters. The van der Waals surface area contributed by atoms with Crippen molar-refractivity contribution in [3.05, 3.63) is 34.9 Å². The number of rotatable bonds is 5. The molecule has 2 N–H and O–H groups in total. The zero-order chi connectivity index (χ0) is 15.5. The van der Waals surface area contributed by atoms with Gasteiger partial charge in [0.25, 0.3) is 0 Å². The van der Waals surface area contributed by atoms with Crippen LogP contribution in [0.25, 0.3) is 17.2 Å². The second-order valence-electron chi connectivity index (χ2n) is 5.20. The topological polar surface area (TPSA) is 74.0 Å². The van der Waals surface area contributed by atoms with E-state index in [0.717, 1.165) is 21.6 Å². The fraction of sp³-hybridized carbons (Fsp3) is 0.333. The van der Waals surface area contributed by atoms with E-state index < -0.39 is 0 Å². The lowest BCUT2D eigenvalue weighted by Gasteiger charge is -2.38. The van der Waals surface area contributed by atoms with Crippen molar-refractivity contribution in [1.29, 1.82) is 0 Å². The van der Waals surface area contributed by atoms with Crippen LogP contribution in [0.4, 0.5) is 0 Å². The summed E-state index contributed by atoms with van der Waals surface area (Å²) in [4.78, 5) is 18.9. The number of aromatic nitrogens is 3. The van der Waals surface area contributed by atoms with Gasteiger partial charge in [-0.1, -0.05) is 6.08 Å². The van der Waals surface area contributed by atoms with Gasteiger partial charge in [-0.05, 0) is 24.6 Å². The average Bonchev–Trinajstić information content (AvgIpc) is 2.45. The van der Waals surface area contributed by atoms with Crippen LogP contribution < -0.4 is 0 Å². The molecule has 6 nitrogen and oxygen atoms in total. The molecule has 22 heavy (non-hydrogen) atoms. The minimum absolute atomic E-state index is 0.00856. The van der Waals surface area contributed by atoms with Crippen LogP contribution >= 0.6 is 12.6 Å². The lowest BCUT2D eigenvalue weighted by Crippen LogP contribution is -2.54. The van der Waals surface area contributed by atoms with E-state index in [1.54, 1.807) is 23.2 Å². The average molecular weight is 318 g/mol. The number of H-pyrrole nitrogens is 2. The summed E-state index contributed by atoms with van der Waals surface area (Å²) in [7, 11) is 0. The van der Waals surface area contributed by atoms with Crippen molar-refractivity contribution in [3.8, 4) is 0 Å². The van der Waals surface area contributed by atoms with Gasteiger partial charge in [0.2, 0.25) is 5.91 Å². The van der Waals surface area contributed by atoms with Crippen LogP contribution in [0.1, 0.15) is 12.5 Å². The zero-order valence-electron chi connectivity index (χ0n) is 12.2. The molecule has 0 bridgehead atoms. The SMILES string of the molecule is C/C=C(\S)COC1CN(C(=O)/C=C/c2cnc3[nH][nH]c3c2)C1. The maximum atomic E-state index is 12.0. The first-order valence-electron chi connectivity index (χ1n) is 7.10. The Morgan fingerprint density at radius 3 is 3.00 bits per heavy atom. The summed E-state index contributed by atoms with van der Waals surface area (Å²) in [6.45, 7) is 3.68. The first kappa shape index (κ1) is 14.9. The molecule has 0 radical (unpaired) electrons. The predicted molar refractivity (Wildman–Crippen MR) is 88.5 cm³/mol. The standard InChI is InChI=1S/C15H18N4O2S/c1-2-12(22)9-21-11-7-19(8-11)14(20)4-3-10-5-13-15(16-6-10)18-17-13/h2-6,11,17,22H,7-9H2,1H3,(H,16,18)/b4-3+,12-2-. The fourth-order valence-corrected chi connectivity index (χ4v) is 2.19. The molecule has 1 aliphatic rings. The van der Waals surface area contributed by atoms with Crippen LogP contribution in [0.15, 0.2) is 29.3 Å². The van der Waals surface area contributed by atoms with Crippen LogP contribution in [-0.2, 0) is 9.53 Å². The number of nitrogens with zero attached hydrogens (tertiary/aromatic N) is 2. The Labute approximate surface area is 133 Å². The number of carbonyl (C=O) groups is 1. The van der Waals surface area contributed by atoms with Crippen LogP contribution in [0, 0.1) is 0 Å². The Bertz CT molecular complexity index is 725. The number of allylic oxidation sites excluding steroid dienone is 1. The second-order valence-corrected chi connectivity index (χ2v) is 5.78. The molecule has 7 heteroatoms. The highest BCUT2D eigenvalue weighted by molar-refractivity contribution is 7.84. The minimum Gasteiger partial charge on any atom is -0.369 e. The van der Waals surface area contributed by atoms with Gasteiger partial charge in [0.05, 0.1) is 18.2 Å². The number of likely N-dealkylation sites (tertiary alicyclic amines) is 1. The summed E-state index contributed by atoms with van der Waals surface area (Å²) >= 11 is 4.25. The second kappa shape index (κ2) is 6.41. The van der Waals surface area contributed by atoms with Gasteiger partial charge in [-0.15, -0.1) is 12.6 Å². The van der Waals surface area contributed by atoms with E-state index in [9.17, 15) is 4.79 Å². The highest BCUT2D eigenvalue weighted by Gasteiger charge is 2.29. The minimum atomic E-state index is -0.00856. The quantitative estimate of drug-likeness (QED) is 0.583. The summed E-state index contributed by atoms with van der Waals surface area (Å²) in [6, 6.07) is 1.94. The molecule has 0 aromatic carbocycles. The van der Waals surface area contributed by atoms with E-state index in [0.29, 0.717) is 19.7 Å². The number of fused-ring (bicyclic) bond motifs is 1. The third-order valence-electron chi connectivity index (χ3n) is 3.60. The summed E-state index contributed by atoms with van der Waals surface area (Å²) in [5.41, 5.74) is 2.66. The maximum absolute atomic E-state index is 12.0. The Morgan fingerprint density at radius 1 is 1.55 bits per heavy atom. The molecule has 1 saturated heterocycles. The number of hydrogen-bond acceptors (Lipinski definition) is 4. The lowest BCUT2D eigenvalue weighted by atomic mass is 10.1. The third kappa shape index (κ3) is 3.26. The van der Waals surface area contributed by atoms with Crippen LogP contribution in [0.5, 0.6) is 0 Å². The molecule has 0 unspecified atom stereocenters. The number of ether oxygens (including phenoxy) is 1. The van der Waals surface area contributed by atoms with E-state index in [1.807, 2.05) is 19.1 Å². The monoisotopic (exact) mass is 318 g/mol. The Kier molecular flexibility index (Phi) is 4.35. The van der Waals surface area contributed by atoms with Crippen LogP contribution in [0.2, 0.25) is 0 Å². The molecule has 1 fully saturated rings. The zero-order valence-corrected chi connectivity index (χ0v) is 13.1. The summed E-state index contributed by atoms with van der Waals surface area (Å²) in [6.07, 6.45) is 7.08. The summed E-state index contributed by atoms with van der Waals surface area (Å²) < 4.78 is 5.62. The normalized spacial score (nSPS) is 16.6.